The predicted octanol–water partition coefficient (Wildman–Crippen LogP) is 3.34. The second-order valence-electron chi connectivity index (χ2n) is 11.4. The van der Waals surface area contributed by atoms with Crippen LogP contribution in [0.3, 0.4) is 0 Å². The summed E-state index contributed by atoms with van der Waals surface area (Å²) in [5.41, 5.74) is -3.34. The minimum Gasteiger partial charge on any atom is -0.377 e. The molecule has 0 amide bonds. The molecule has 0 radical (unpaired) electrons. The van der Waals surface area contributed by atoms with Crippen LogP contribution in [0.15, 0.2) is 48.8 Å². The van der Waals surface area contributed by atoms with E-state index in [9.17, 15) is 13.9 Å². The molecule has 1 atom stereocenters. The van der Waals surface area contributed by atoms with Gasteiger partial charge in [0.1, 0.15) is 18.0 Å². The number of nitrogens with zero attached hydrogens (tertiary/aromatic N) is 6. The monoisotopic (exact) mass is 530 g/mol. The van der Waals surface area contributed by atoms with Crippen LogP contribution in [0.5, 0.6) is 0 Å². The Bertz CT molecular complexity index is 1290. The maximum atomic E-state index is 16.3. The van der Waals surface area contributed by atoms with Gasteiger partial charge in [0.05, 0.1) is 6.54 Å². The van der Waals surface area contributed by atoms with Crippen LogP contribution in [-0.4, -0.2) is 74.3 Å². The Balaban J connectivity index is 1.21. The lowest BCUT2D eigenvalue weighted by molar-refractivity contribution is -0.347. The van der Waals surface area contributed by atoms with Gasteiger partial charge in [0.25, 0.3) is 5.92 Å². The fraction of sp³-hybridized carbons (Fsp3) is 0.519. The zero-order valence-electron chi connectivity index (χ0n) is 21.1. The molecule has 3 aliphatic carbocycles. The highest BCUT2D eigenvalue weighted by molar-refractivity contribution is 5.43. The van der Waals surface area contributed by atoms with Crippen molar-refractivity contribution in [3.63, 3.8) is 0 Å². The van der Waals surface area contributed by atoms with Gasteiger partial charge in [0.15, 0.2) is 5.60 Å². The van der Waals surface area contributed by atoms with Crippen LogP contribution in [0.1, 0.15) is 36.0 Å². The summed E-state index contributed by atoms with van der Waals surface area (Å²) in [6, 6.07) is 10.4. The van der Waals surface area contributed by atoms with Crippen LogP contribution in [0.25, 0.3) is 0 Å². The van der Waals surface area contributed by atoms with Crippen LogP contribution < -0.4 is 0 Å². The summed E-state index contributed by atoms with van der Waals surface area (Å²) in [6.07, 6.45) is 1.60. The van der Waals surface area contributed by atoms with E-state index >= 15 is 8.78 Å². The lowest BCUT2D eigenvalue weighted by Gasteiger charge is -2.74. The third-order valence-corrected chi connectivity index (χ3v) is 8.94. The van der Waals surface area contributed by atoms with E-state index in [1.54, 1.807) is 0 Å². The van der Waals surface area contributed by atoms with E-state index in [0.29, 0.717) is 6.07 Å². The highest BCUT2D eigenvalue weighted by Gasteiger charge is 2.82. The minimum absolute atomic E-state index is 0.172. The van der Waals surface area contributed by atoms with Gasteiger partial charge >= 0.3 is 0 Å². The number of aromatic nitrogens is 4. The third kappa shape index (κ3) is 3.85. The van der Waals surface area contributed by atoms with Crippen molar-refractivity contribution in [3.05, 3.63) is 77.1 Å². The summed E-state index contributed by atoms with van der Waals surface area (Å²) < 4.78 is 62.0. The molecule has 1 aromatic heterocycles. The first-order valence-corrected chi connectivity index (χ1v) is 12.8. The number of halogens is 4. The highest BCUT2D eigenvalue weighted by Crippen LogP contribution is 2.80. The number of hydrogen-bond donors (Lipinski definition) is 1. The van der Waals surface area contributed by atoms with Gasteiger partial charge in [-0.15, -0.1) is 5.10 Å². The topological polar surface area (TPSA) is 70.3 Å². The van der Waals surface area contributed by atoms with Crippen LogP contribution >= 0.6 is 0 Å². The van der Waals surface area contributed by atoms with Crippen LogP contribution in [0.2, 0.25) is 0 Å². The van der Waals surface area contributed by atoms with E-state index in [1.165, 1.54) is 5.56 Å². The van der Waals surface area contributed by atoms with E-state index in [-0.39, 0.29) is 24.7 Å². The van der Waals surface area contributed by atoms with Gasteiger partial charge in [-0.05, 0) is 65.4 Å². The number of aliphatic hydroxyl groups is 1. The van der Waals surface area contributed by atoms with Crippen molar-refractivity contribution in [1.29, 1.82) is 0 Å². The Morgan fingerprint density at radius 2 is 1.66 bits per heavy atom. The number of tetrazole rings is 1. The van der Waals surface area contributed by atoms with Crippen LogP contribution in [0, 0.1) is 17.0 Å². The van der Waals surface area contributed by atoms with E-state index in [1.807, 2.05) is 12.1 Å². The summed E-state index contributed by atoms with van der Waals surface area (Å²) in [6.45, 7) is 4.20. The zero-order valence-corrected chi connectivity index (χ0v) is 21.1. The summed E-state index contributed by atoms with van der Waals surface area (Å²) in [4.78, 5) is 4.72. The molecule has 38 heavy (non-hydrogen) atoms. The number of piperazine rings is 1. The third-order valence-electron chi connectivity index (χ3n) is 8.94. The molecule has 0 spiro atoms. The normalized spacial score (nSPS) is 27.4. The molecule has 4 fully saturated rings. The molecule has 1 N–H and O–H groups in total. The lowest BCUT2D eigenvalue weighted by atomic mass is 9.30. The molecule has 3 aromatic rings. The molecule has 2 bridgehead atoms. The lowest BCUT2D eigenvalue weighted by Crippen LogP contribution is -2.76. The van der Waals surface area contributed by atoms with Crippen molar-refractivity contribution in [2.45, 2.75) is 49.3 Å². The first-order valence-electron chi connectivity index (χ1n) is 12.8. The average molecular weight is 531 g/mol. The first kappa shape index (κ1) is 25.4. The highest BCUT2D eigenvalue weighted by atomic mass is 19.3. The van der Waals surface area contributed by atoms with Crippen molar-refractivity contribution in [2.24, 2.45) is 5.41 Å². The van der Waals surface area contributed by atoms with Gasteiger partial charge in [-0.2, -0.15) is 0 Å². The molecule has 3 saturated carbocycles. The van der Waals surface area contributed by atoms with Gasteiger partial charge in [-0.3, -0.25) is 4.90 Å². The molecule has 7 nitrogen and oxygen atoms in total. The van der Waals surface area contributed by atoms with E-state index in [2.05, 4.69) is 44.5 Å². The standard InChI is InChI=1S/C27H30F4N6O/c1-35-8-10-36(11-9-35)13-19-2-4-20(5-3-19)24-14-25(15-24,16-24)27(30,31)26(38,17-37-18-32-33-34-37)22-7-6-21(28)12-23(22)29/h2-7,12,18,38H,8-11,13-17H2,1H3/t24?,25?,26-/m0/s1. The largest absolute Gasteiger partial charge is 0.377 e. The molecular weight excluding hydrogens is 500 g/mol. The fourth-order valence-corrected chi connectivity index (χ4v) is 6.76. The van der Waals surface area contributed by atoms with Gasteiger partial charge in [-0.1, -0.05) is 24.3 Å². The maximum absolute atomic E-state index is 16.3. The number of hydrogen-bond acceptors (Lipinski definition) is 6. The zero-order chi connectivity index (χ0) is 26.8. The molecule has 2 heterocycles. The molecular formula is C27H30F4N6O. The van der Waals surface area contributed by atoms with Crippen molar-refractivity contribution in [3.8, 4) is 0 Å². The number of likely N-dealkylation sites (N-methyl/N-ethyl adjacent to an activating group) is 1. The second kappa shape index (κ2) is 8.82. The second-order valence-corrected chi connectivity index (χ2v) is 11.4. The minimum atomic E-state index is -3.73. The van der Waals surface area contributed by atoms with E-state index < -0.39 is 40.7 Å². The van der Waals surface area contributed by atoms with E-state index in [0.717, 1.165) is 61.4 Å². The Morgan fingerprint density at radius 3 is 2.26 bits per heavy atom. The van der Waals surface area contributed by atoms with Gasteiger partial charge in [0, 0.05) is 49.8 Å². The molecule has 202 valence electrons. The summed E-state index contributed by atoms with van der Waals surface area (Å²) in [7, 11) is 2.12. The van der Waals surface area contributed by atoms with Crippen molar-refractivity contribution >= 4 is 0 Å². The fourth-order valence-electron chi connectivity index (χ4n) is 6.76. The Kier molecular flexibility index (Phi) is 5.89. The molecule has 7 rings (SSSR count). The van der Waals surface area contributed by atoms with Gasteiger partial charge in [0.2, 0.25) is 0 Å². The summed E-state index contributed by atoms with van der Waals surface area (Å²) in [5.74, 6) is -5.88. The van der Waals surface area contributed by atoms with Gasteiger partial charge < -0.3 is 10.0 Å². The Labute approximate surface area is 218 Å². The maximum Gasteiger partial charge on any atom is 0.287 e. The van der Waals surface area contributed by atoms with Crippen molar-refractivity contribution in [1.82, 2.24) is 30.0 Å². The quantitative estimate of drug-likeness (QED) is 0.451. The molecule has 4 aliphatic rings. The first-order chi connectivity index (χ1) is 18.1. The number of alkyl halides is 2. The average Bonchev–Trinajstić information content (AvgIpc) is 3.32. The molecule has 11 heteroatoms. The van der Waals surface area contributed by atoms with Gasteiger partial charge in [-0.25, -0.2) is 22.2 Å². The SMILES string of the molecule is CN1CCN(Cc2ccc(C34CC(C(F)(F)[C@](O)(Cn5cnnn5)c5ccc(F)cc5F)(C3)C4)cc2)CC1. The Hall–Kier alpha value is -2.89. The number of benzene rings is 2. The summed E-state index contributed by atoms with van der Waals surface area (Å²) >= 11 is 0. The molecule has 2 aromatic carbocycles. The molecule has 1 aliphatic heterocycles. The summed E-state index contributed by atoms with van der Waals surface area (Å²) in [5, 5.41) is 22.0. The molecule has 1 saturated heterocycles. The van der Waals surface area contributed by atoms with Crippen LogP contribution in [-0.2, 0) is 24.1 Å². The van der Waals surface area contributed by atoms with Crippen LogP contribution in [0.4, 0.5) is 17.6 Å². The number of rotatable bonds is 8. The smallest absolute Gasteiger partial charge is 0.287 e. The van der Waals surface area contributed by atoms with E-state index in [4.69, 9.17) is 0 Å². The van der Waals surface area contributed by atoms with Crippen molar-refractivity contribution < 1.29 is 22.7 Å². The Morgan fingerprint density at radius 1 is 0.974 bits per heavy atom. The predicted molar refractivity (Wildman–Crippen MR) is 130 cm³/mol. The van der Waals surface area contributed by atoms with Crippen molar-refractivity contribution in [2.75, 3.05) is 33.2 Å². The molecule has 0 unspecified atom stereocenters.